The van der Waals surface area contributed by atoms with Crippen LogP contribution < -0.4 is 11.4 Å². The van der Waals surface area contributed by atoms with E-state index in [2.05, 4.69) is 18.0 Å². The first-order chi connectivity index (χ1) is 9.63. The number of nitrogens with two attached hydrogens (primary N) is 1. The molecule has 1 aromatic carbocycles. The molecule has 0 atom stereocenters. The van der Waals surface area contributed by atoms with Crippen LogP contribution >= 0.6 is 11.8 Å². The summed E-state index contributed by atoms with van der Waals surface area (Å²) < 4.78 is 5.27. The number of fused-ring (bicyclic) bond motifs is 1. The summed E-state index contributed by atoms with van der Waals surface area (Å²) in [5.41, 5.74) is 8.16. The van der Waals surface area contributed by atoms with Crippen LogP contribution in [0.1, 0.15) is 25.0 Å². The maximum atomic E-state index is 11.6. The van der Waals surface area contributed by atoms with Crippen molar-refractivity contribution in [3.63, 3.8) is 0 Å². The normalized spacial score (nSPS) is 12.0. The van der Waals surface area contributed by atoms with Crippen molar-refractivity contribution in [3.05, 3.63) is 45.8 Å². The van der Waals surface area contributed by atoms with E-state index in [0.717, 1.165) is 22.9 Å². The molecule has 106 valence electrons. The summed E-state index contributed by atoms with van der Waals surface area (Å²) in [7, 11) is 0. The lowest BCUT2D eigenvalue weighted by molar-refractivity contribution is 0.559. The highest BCUT2D eigenvalue weighted by molar-refractivity contribution is 8.13. The molecule has 2 aromatic rings. The second-order valence-corrected chi connectivity index (χ2v) is 5.37. The predicted molar refractivity (Wildman–Crippen MR) is 85.3 cm³/mol. The van der Waals surface area contributed by atoms with E-state index in [1.54, 1.807) is 0 Å². The average molecular weight is 290 g/mol. The first-order valence-corrected chi connectivity index (χ1v) is 7.61. The summed E-state index contributed by atoms with van der Waals surface area (Å²) in [6.07, 6.45) is 0.911. The van der Waals surface area contributed by atoms with Gasteiger partial charge in [-0.05, 0) is 30.5 Å². The lowest BCUT2D eigenvalue weighted by atomic mass is 10.1. The predicted octanol–water partition coefficient (Wildman–Crippen LogP) is 2.92. The molecular formula is C15H18N2O2S. The number of hydrogen-bond donors (Lipinski definition) is 1. The number of thioether (sulfide) groups is 1. The zero-order chi connectivity index (χ0) is 14.5. The van der Waals surface area contributed by atoms with E-state index in [9.17, 15) is 4.79 Å². The summed E-state index contributed by atoms with van der Waals surface area (Å²) in [6, 6.07) is 7.51. The monoisotopic (exact) mass is 290 g/mol. The minimum Gasteiger partial charge on any atom is -0.423 e. The van der Waals surface area contributed by atoms with Gasteiger partial charge in [0.05, 0.1) is 0 Å². The molecule has 0 aliphatic heterocycles. The van der Waals surface area contributed by atoms with Crippen LogP contribution in [0.25, 0.3) is 11.0 Å². The van der Waals surface area contributed by atoms with Crippen molar-refractivity contribution < 1.29 is 4.42 Å². The second kappa shape index (κ2) is 6.61. The first-order valence-electron chi connectivity index (χ1n) is 6.62. The zero-order valence-corrected chi connectivity index (χ0v) is 12.5. The third-order valence-electron chi connectivity index (χ3n) is 2.99. The van der Waals surface area contributed by atoms with Gasteiger partial charge in [-0.25, -0.2) is 4.79 Å². The third kappa shape index (κ3) is 3.42. The highest BCUT2D eigenvalue weighted by Crippen LogP contribution is 2.22. The van der Waals surface area contributed by atoms with Gasteiger partial charge in [-0.2, -0.15) is 0 Å². The molecule has 1 aromatic heterocycles. The van der Waals surface area contributed by atoms with Crippen LogP contribution in [0, 0.1) is 0 Å². The number of rotatable bonds is 4. The molecule has 0 radical (unpaired) electrons. The summed E-state index contributed by atoms with van der Waals surface area (Å²) in [4.78, 5) is 15.8. The Labute approximate surface area is 122 Å². The van der Waals surface area contributed by atoms with Crippen molar-refractivity contribution in [2.24, 2.45) is 10.7 Å². The number of benzene rings is 1. The van der Waals surface area contributed by atoms with Gasteiger partial charge in [0.1, 0.15) is 5.58 Å². The topological polar surface area (TPSA) is 68.6 Å². The number of aryl methyl sites for hydroxylation is 1. The molecule has 1 heterocycles. The third-order valence-corrected chi connectivity index (χ3v) is 3.87. The molecule has 0 amide bonds. The van der Waals surface area contributed by atoms with Crippen LogP contribution in [0.5, 0.6) is 0 Å². The molecule has 0 saturated carbocycles. The van der Waals surface area contributed by atoms with Gasteiger partial charge >= 0.3 is 5.63 Å². The van der Waals surface area contributed by atoms with Gasteiger partial charge in [0.15, 0.2) is 5.17 Å². The van der Waals surface area contributed by atoms with Gasteiger partial charge in [-0.1, -0.05) is 30.8 Å². The van der Waals surface area contributed by atoms with Crippen LogP contribution in [-0.4, -0.2) is 11.7 Å². The maximum Gasteiger partial charge on any atom is 0.336 e. The van der Waals surface area contributed by atoms with E-state index in [1.165, 1.54) is 17.8 Å². The van der Waals surface area contributed by atoms with Crippen molar-refractivity contribution in [3.8, 4) is 0 Å². The Morgan fingerprint density at radius 2 is 2.15 bits per heavy atom. The molecule has 20 heavy (non-hydrogen) atoms. The molecule has 0 saturated heterocycles. The fourth-order valence-electron chi connectivity index (χ4n) is 1.97. The Morgan fingerprint density at radius 3 is 2.85 bits per heavy atom. The smallest absolute Gasteiger partial charge is 0.336 e. The van der Waals surface area contributed by atoms with E-state index in [0.29, 0.717) is 23.0 Å². The zero-order valence-electron chi connectivity index (χ0n) is 11.7. The molecule has 0 bridgehead atoms. The highest BCUT2D eigenvalue weighted by atomic mass is 32.2. The largest absolute Gasteiger partial charge is 0.423 e. The number of amidine groups is 1. The average Bonchev–Trinajstić information content (AvgIpc) is 2.44. The van der Waals surface area contributed by atoms with Crippen molar-refractivity contribution >= 4 is 27.9 Å². The van der Waals surface area contributed by atoms with Crippen LogP contribution in [0.15, 0.2) is 38.5 Å². The van der Waals surface area contributed by atoms with Gasteiger partial charge in [0.25, 0.3) is 0 Å². The Kier molecular flexibility index (Phi) is 4.84. The van der Waals surface area contributed by atoms with Gasteiger partial charge in [0, 0.05) is 23.8 Å². The van der Waals surface area contributed by atoms with Gasteiger partial charge in [-0.3, -0.25) is 4.99 Å². The van der Waals surface area contributed by atoms with Crippen molar-refractivity contribution in [2.75, 3.05) is 6.54 Å². The molecule has 0 unspecified atom stereocenters. The fraction of sp³-hybridized carbons (Fsp3) is 0.333. The fourth-order valence-corrected chi connectivity index (χ4v) is 2.73. The Hall–Kier alpha value is -1.75. The van der Waals surface area contributed by atoms with Crippen molar-refractivity contribution in [2.45, 2.75) is 26.0 Å². The van der Waals surface area contributed by atoms with Crippen LogP contribution in [0.3, 0.4) is 0 Å². The summed E-state index contributed by atoms with van der Waals surface area (Å²) in [5.74, 6) is 0.614. The molecular weight excluding hydrogens is 272 g/mol. The quantitative estimate of drug-likeness (QED) is 0.534. The van der Waals surface area contributed by atoms with Gasteiger partial charge in [0.2, 0.25) is 0 Å². The number of aliphatic imine (C=N–C) groups is 1. The van der Waals surface area contributed by atoms with Crippen molar-refractivity contribution in [1.29, 1.82) is 0 Å². The summed E-state index contributed by atoms with van der Waals surface area (Å²) in [5, 5.41) is 1.50. The van der Waals surface area contributed by atoms with E-state index in [1.807, 2.05) is 19.1 Å². The van der Waals surface area contributed by atoms with E-state index in [-0.39, 0.29) is 5.63 Å². The SMILES string of the molecule is CCN=C(N)SCc1cc(=O)oc2cc(CC)ccc12. The second-order valence-electron chi connectivity index (χ2n) is 4.38. The molecule has 0 spiro atoms. The van der Waals surface area contributed by atoms with Crippen LogP contribution in [0.4, 0.5) is 0 Å². The van der Waals surface area contributed by atoms with Crippen LogP contribution in [-0.2, 0) is 12.2 Å². The lowest BCUT2D eigenvalue weighted by Gasteiger charge is -2.06. The highest BCUT2D eigenvalue weighted by Gasteiger charge is 2.07. The molecule has 2 N–H and O–H groups in total. The Morgan fingerprint density at radius 1 is 1.35 bits per heavy atom. The molecule has 0 fully saturated rings. The minimum atomic E-state index is -0.327. The molecule has 2 rings (SSSR count). The molecule has 4 nitrogen and oxygen atoms in total. The summed E-state index contributed by atoms with van der Waals surface area (Å²) >= 11 is 1.43. The lowest BCUT2D eigenvalue weighted by Crippen LogP contribution is -2.08. The Bertz CT molecular complexity index is 692. The summed E-state index contributed by atoms with van der Waals surface area (Å²) in [6.45, 7) is 4.67. The van der Waals surface area contributed by atoms with E-state index in [4.69, 9.17) is 10.2 Å². The van der Waals surface area contributed by atoms with E-state index >= 15 is 0 Å². The first kappa shape index (κ1) is 14.7. The Balaban J connectivity index is 2.37. The van der Waals surface area contributed by atoms with E-state index < -0.39 is 0 Å². The molecule has 0 aliphatic carbocycles. The van der Waals surface area contributed by atoms with Gasteiger partial charge < -0.3 is 10.2 Å². The minimum absolute atomic E-state index is 0.327. The standard InChI is InChI=1S/C15H18N2O2S/c1-3-10-5-6-12-11(9-20-15(16)17-4-2)8-14(18)19-13(12)7-10/h5-8H,3-4,9H2,1-2H3,(H2,16,17). The molecule has 5 heteroatoms. The molecule has 0 aliphatic rings. The number of hydrogen-bond acceptors (Lipinski definition) is 4. The van der Waals surface area contributed by atoms with Gasteiger partial charge in [-0.15, -0.1) is 0 Å². The van der Waals surface area contributed by atoms with Crippen LogP contribution in [0.2, 0.25) is 0 Å². The maximum absolute atomic E-state index is 11.6. The number of nitrogens with zero attached hydrogens (tertiary/aromatic N) is 1. The van der Waals surface area contributed by atoms with Crippen molar-refractivity contribution in [1.82, 2.24) is 0 Å².